The Morgan fingerprint density at radius 2 is 1.79 bits per heavy atom. The van der Waals surface area contributed by atoms with E-state index in [9.17, 15) is 4.79 Å². The number of carbonyl (C=O) groups excluding carboxylic acids is 1. The lowest BCUT2D eigenvalue weighted by atomic mass is 10.2. The number of thioether (sulfide) groups is 1. The number of carbonyl (C=O) groups is 1. The third kappa shape index (κ3) is 4.67. The van der Waals surface area contributed by atoms with Gasteiger partial charge in [0.2, 0.25) is 0 Å². The topological polar surface area (TPSA) is 63.8 Å². The summed E-state index contributed by atoms with van der Waals surface area (Å²) < 4.78 is 11.0. The van der Waals surface area contributed by atoms with E-state index >= 15 is 0 Å². The number of hydrogen-bond acceptors (Lipinski definition) is 5. The van der Waals surface area contributed by atoms with Crippen molar-refractivity contribution >= 4 is 57.8 Å². The molecule has 0 aliphatic carbocycles. The molecule has 0 atom stereocenters. The van der Waals surface area contributed by atoms with Crippen molar-refractivity contribution in [1.82, 2.24) is 5.32 Å². The second-order valence-electron chi connectivity index (χ2n) is 6.04. The number of nitrogens with zero attached hydrogens (tertiary/aromatic N) is 1. The standard InChI is InChI=1S/C21H14Cl2N2O3S/c1-27-16-4-2-15(3-5-16)24-20-19(29-21(26)25-20)11-17-6-7-18(28-17)12-8-13(22)10-14(23)9-12/h2-11H,1H3,(H,24,25,26). The van der Waals surface area contributed by atoms with Gasteiger partial charge >= 0.3 is 0 Å². The van der Waals surface area contributed by atoms with E-state index in [0.717, 1.165) is 23.1 Å². The Balaban J connectivity index is 1.63. The summed E-state index contributed by atoms with van der Waals surface area (Å²) in [6, 6.07) is 16.1. The normalized spacial score (nSPS) is 16.4. The summed E-state index contributed by atoms with van der Waals surface area (Å²) in [4.78, 5) is 17.1. The molecule has 0 spiro atoms. The molecule has 8 heteroatoms. The first kappa shape index (κ1) is 19.6. The zero-order valence-electron chi connectivity index (χ0n) is 15.1. The van der Waals surface area contributed by atoms with Crippen LogP contribution < -0.4 is 10.1 Å². The van der Waals surface area contributed by atoms with Gasteiger partial charge < -0.3 is 14.5 Å². The third-order valence-electron chi connectivity index (χ3n) is 4.02. The molecule has 0 bridgehead atoms. The van der Waals surface area contributed by atoms with Crippen LogP contribution in [0.15, 0.2) is 68.9 Å². The molecule has 5 nitrogen and oxygen atoms in total. The van der Waals surface area contributed by atoms with Crippen molar-refractivity contribution in [1.29, 1.82) is 0 Å². The number of nitrogens with one attached hydrogen (secondary N) is 1. The number of amidine groups is 1. The van der Waals surface area contributed by atoms with Crippen molar-refractivity contribution < 1.29 is 13.9 Å². The average Bonchev–Trinajstić information content (AvgIpc) is 3.28. The fourth-order valence-corrected chi connectivity index (χ4v) is 3.95. The van der Waals surface area contributed by atoms with Gasteiger partial charge in [0.15, 0.2) is 0 Å². The average molecular weight is 445 g/mol. The van der Waals surface area contributed by atoms with E-state index in [0.29, 0.717) is 38.0 Å². The molecule has 1 fully saturated rings. The summed E-state index contributed by atoms with van der Waals surface area (Å²) in [6.45, 7) is 0. The van der Waals surface area contributed by atoms with Gasteiger partial charge in [0, 0.05) is 15.6 Å². The number of hydrogen-bond donors (Lipinski definition) is 1. The maximum absolute atomic E-state index is 11.9. The summed E-state index contributed by atoms with van der Waals surface area (Å²) >= 11 is 13.2. The van der Waals surface area contributed by atoms with Crippen LogP contribution >= 0.6 is 35.0 Å². The Morgan fingerprint density at radius 3 is 2.48 bits per heavy atom. The largest absolute Gasteiger partial charge is 0.497 e. The summed E-state index contributed by atoms with van der Waals surface area (Å²) in [5, 5.41) is 3.61. The van der Waals surface area contributed by atoms with E-state index in [1.165, 1.54) is 0 Å². The Kier molecular flexibility index (Phi) is 5.67. The Morgan fingerprint density at radius 1 is 1.07 bits per heavy atom. The fraction of sp³-hybridized carbons (Fsp3) is 0.0476. The van der Waals surface area contributed by atoms with E-state index < -0.39 is 0 Å². The molecule has 29 heavy (non-hydrogen) atoms. The highest BCUT2D eigenvalue weighted by molar-refractivity contribution is 8.18. The molecule has 2 aromatic carbocycles. The van der Waals surface area contributed by atoms with Crippen molar-refractivity contribution in [3.63, 3.8) is 0 Å². The highest BCUT2D eigenvalue weighted by Gasteiger charge is 2.24. The van der Waals surface area contributed by atoms with Gasteiger partial charge in [-0.2, -0.15) is 0 Å². The number of amides is 1. The summed E-state index contributed by atoms with van der Waals surface area (Å²) in [7, 11) is 1.60. The first-order valence-corrected chi connectivity index (χ1v) is 10.1. The molecular weight excluding hydrogens is 431 g/mol. The molecule has 146 valence electrons. The van der Waals surface area contributed by atoms with Gasteiger partial charge in [-0.15, -0.1) is 0 Å². The lowest BCUT2D eigenvalue weighted by molar-refractivity contribution is 0.265. The quantitative estimate of drug-likeness (QED) is 0.480. The van der Waals surface area contributed by atoms with Crippen LogP contribution in [-0.2, 0) is 0 Å². The Bertz CT molecular complexity index is 1120. The van der Waals surface area contributed by atoms with E-state index in [2.05, 4.69) is 10.3 Å². The van der Waals surface area contributed by atoms with Gasteiger partial charge in [-0.1, -0.05) is 23.2 Å². The molecule has 1 aliphatic heterocycles. The highest BCUT2D eigenvalue weighted by Crippen LogP contribution is 2.32. The number of ether oxygens (including phenoxy) is 1. The van der Waals surface area contributed by atoms with E-state index in [-0.39, 0.29) is 5.24 Å². The van der Waals surface area contributed by atoms with Gasteiger partial charge in [0.05, 0.1) is 17.7 Å². The van der Waals surface area contributed by atoms with Gasteiger partial charge in [-0.25, -0.2) is 4.99 Å². The lowest BCUT2D eigenvalue weighted by Gasteiger charge is -2.01. The molecule has 1 N–H and O–H groups in total. The number of halogens is 2. The van der Waals surface area contributed by atoms with Crippen molar-refractivity contribution in [3.05, 3.63) is 75.3 Å². The molecule has 1 aliphatic rings. The molecule has 1 saturated heterocycles. The van der Waals surface area contributed by atoms with Gasteiger partial charge in [-0.3, -0.25) is 4.79 Å². The number of furan rings is 1. The predicted molar refractivity (Wildman–Crippen MR) is 118 cm³/mol. The smallest absolute Gasteiger partial charge is 0.289 e. The van der Waals surface area contributed by atoms with Crippen LogP contribution in [0.2, 0.25) is 10.0 Å². The zero-order chi connectivity index (χ0) is 20.4. The van der Waals surface area contributed by atoms with Crippen LogP contribution in [0.25, 0.3) is 17.4 Å². The lowest BCUT2D eigenvalue weighted by Crippen LogP contribution is -2.18. The monoisotopic (exact) mass is 444 g/mol. The van der Waals surface area contributed by atoms with Crippen LogP contribution in [0.1, 0.15) is 5.76 Å². The van der Waals surface area contributed by atoms with Crippen molar-refractivity contribution in [2.24, 2.45) is 4.99 Å². The second-order valence-corrected chi connectivity index (χ2v) is 7.93. The Labute approximate surface area is 181 Å². The van der Waals surface area contributed by atoms with Crippen molar-refractivity contribution in [3.8, 4) is 17.1 Å². The summed E-state index contributed by atoms with van der Waals surface area (Å²) in [5.74, 6) is 2.41. The van der Waals surface area contributed by atoms with Gasteiger partial charge in [0.25, 0.3) is 5.24 Å². The first-order valence-electron chi connectivity index (χ1n) is 8.50. The molecule has 1 amide bonds. The highest BCUT2D eigenvalue weighted by atomic mass is 35.5. The second kappa shape index (κ2) is 8.37. The number of benzene rings is 2. The third-order valence-corrected chi connectivity index (χ3v) is 5.27. The molecule has 0 unspecified atom stereocenters. The molecule has 1 aromatic heterocycles. The maximum Gasteiger partial charge on any atom is 0.289 e. The van der Waals surface area contributed by atoms with Crippen LogP contribution in [0.3, 0.4) is 0 Å². The van der Waals surface area contributed by atoms with Crippen LogP contribution in [0.5, 0.6) is 5.75 Å². The molecule has 3 aromatic rings. The van der Waals surface area contributed by atoms with Crippen molar-refractivity contribution in [2.45, 2.75) is 0 Å². The minimum atomic E-state index is -0.197. The van der Waals surface area contributed by atoms with E-state index in [1.807, 2.05) is 36.4 Å². The molecule has 0 radical (unpaired) electrons. The SMILES string of the molecule is COc1ccc(N=C2NC(=O)SC2=Cc2ccc(-c3cc(Cl)cc(Cl)c3)o2)cc1. The first-order chi connectivity index (χ1) is 14.0. The van der Waals surface area contributed by atoms with Crippen LogP contribution in [0.4, 0.5) is 10.5 Å². The van der Waals surface area contributed by atoms with E-state index in [1.54, 1.807) is 31.4 Å². The zero-order valence-corrected chi connectivity index (χ0v) is 17.4. The van der Waals surface area contributed by atoms with Gasteiger partial charge in [0.1, 0.15) is 23.1 Å². The minimum Gasteiger partial charge on any atom is -0.497 e. The van der Waals surface area contributed by atoms with E-state index in [4.69, 9.17) is 32.4 Å². The van der Waals surface area contributed by atoms with Crippen LogP contribution in [-0.4, -0.2) is 18.2 Å². The predicted octanol–water partition coefficient (Wildman–Crippen LogP) is 6.79. The Hall–Kier alpha value is -2.67. The molecule has 4 rings (SSSR count). The summed E-state index contributed by atoms with van der Waals surface area (Å²) in [5.41, 5.74) is 1.47. The van der Waals surface area contributed by atoms with Crippen LogP contribution in [0, 0.1) is 0 Å². The number of aliphatic imine (C=N–C) groups is 1. The minimum absolute atomic E-state index is 0.197. The fourth-order valence-electron chi connectivity index (χ4n) is 2.71. The number of methoxy groups -OCH3 is 1. The van der Waals surface area contributed by atoms with Gasteiger partial charge in [-0.05, 0) is 72.4 Å². The summed E-state index contributed by atoms with van der Waals surface area (Å²) in [6.07, 6.45) is 1.76. The molecule has 2 heterocycles. The maximum atomic E-state index is 11.9. The molecular formula is C21H14Cl2N2O3S. The van der Waals surface area contributed by atoms with Crippen molar-refractivity contribution in [2.75, 3.05) is 7.11 Å². The molecule has 0 saturated carbocycles. The number of rotatable bonds is 4.